The van der Waals surface area contributed by atoms with Crippen LogP contribution < -0.4 is 19.1 Å². The molecule has 1 atom stereocenters. The van der Waals surface area contributed by atoms with Crippen molar-refractivity contribution in [1.29, 1.82) is 0 Å². The number of para-hydroxylation sites is 2. The minimum absolute atomic E-state index is 0.0504. The van der Waals surface area contributed by atoms with Crippen LogP contribution in [0, 0.1) is 12.3 Å². The molecule has 0 aromatic heterocycles. The highest BCUT2D eigenvalue weighted by Gasteiger charge is 2.41. The molecule has 0 bridgehead atoms. The molecule has 0 N–H and O–H groups in total. The molecule has 2 aromatic carbocycles. The Labute approximate surface area is 178 Å². The standard InChI is InChI=1S/C21H18ClNO5S/c1-4-9-28-19-14(22)10-13(11-17(19)27-3)12-18-20(24)23(21(25)29-18)15-7-5-6-8-16(15)26-2/h1,5-8,10-11,18H,9,12H2,2-3H3/t18-/m1/s1. The number of methoxy groups -OCH3 is 2. The number of imide groups is 1. The highest BCUT2D eigenvalue weighted by Crippen LogP contribution is 2.40. The van der Waals surface area contributed by atoms with Gasteiger partial charge < -0.3 is 14.2 Å². The number of anilines is 1. The van der Waals surface area contributed by atoms with E-state index in [1.165, 1.54) is 14.2 Å². The van der Waals surface area contributed by atoms with Crippen molar-refractivity contribution < 1.29 is 23.8 Å². The van der Waals surface area contributed by atoms with Crippen LogP contribution >= 0.6 is 23.4 Å². The molecule has 29 heavy (non-hydrogen) atoms. The Hall–Kier alpha value is -2.82. The fourth-order valence-electron chi connectivity index (χ4n) is 2.98. The number of carbonyl (C=O) groups excluding carboxylic acids is 2. The van der Waals surface area contributed by atoms with E-state index in [1.807, 2.05) is 0 Å². The van der Waals surface area contributed by atoms with E-state index < -0.39 is 5.25 Å². The van der Waals surface area contributed by atoms with E-state index in [1.54, 1.807) is 36.4 Å². The zero-order valence-electron chi connectivity index (χ0n) is 15.8. The Balaban J connectivity index is 1.84. The SMILES string of the molecule is C#CCOc1c(Cl)cc(C[C@H]2SC(=O)N(c3ccccc3OC)C2=O)cc1OC. The normalized spacial score (nSPS) is 15.9. The van der Waals surface area contributed by atoms with Crippen molar-refractivity contribution >= 4 is 40.2 Å². The lowest BCUT2D eigenvalue weighted by atomic mass is 10.1. The first kappa shape index (κ1) is 20.9. The molecule has 0 saturated carbocycles. The van der Waals surface area contributed by atoms with Crippen molar-refractivity contribution in [2.45, 2.75) is 11.7 Å². The fraction of sp³-hybridized carbons (Fsp3) is 0.238. The average molecular weight is 432 g/mol. The number of halogens is 1. The molecule has 1 fully saturated rings. The first-order valence-electron chi connectivity index (χ1n) is 8.60. The van der Waals surface area contributed by atoms with Gasteiger partial charge in [0.15, 0.2) is 11.5 Å². The van der Waals surface area contributed by atoms with Gasteiger partial charge in [-0.25, -0.2) is 4.90 Å². The van der Waals surface area contributed by atoms with Gasteiger partial charge in [0, 0.05) is 0 Å². The maximum Gasteiger partial charge on any atom is 0.293 e. The second kappa shape index (κ2) is 9.12. The first-order chi connectivity index (χ1) is 14.0. The summed E-state index contributed by atoms with van der Waals surface area (Å²) in [5.74, 6) is 3.26. The molecule has 2 aromatic rings. The van der Waals surface area contributed by atoms with E-state index in [9.17, 15) is 9.59 Å². The smallest absolute Gasteiger partial charge is 0.293 e. The van der Waals surface area contributed by atoms with Crippen LogP contribution in [-0.4, -0.2) is 37.2 Å². The molecule has 1 aliphatic heterocycles. The number of hydrogen-bond donors (Lipinski definition) is 0. The van der Waals surface area contributed by atoms with E-state index in [2.05, 4.69) is 5.92 Å². The second-order valence-electron chi connectivity index (χ2n) is 6.02. The number of thioether (sulfide) groups is 1. The van der Waals surface area contributed by atoms with Gasteiger partial charge in [-0.05, 0) is 36.2 Å². The van der Waals surface area contributed by atoms with E-state index in [4.69, 9.17) is 32.2 Å². The third-order valence-corrected chi connectivity index (χ3v) is 5.58. The van der Waals surface area contributed by atoms with E-state index in [0.29, 0.717) is 34.4 Å². The van der Waals surface area contributed by atoms with Crippen LogP contribution in [0.15, 0.2) is 36.4 Å². The Morgan fingerprint density at radius 2 is 1.90 bits per heavy atom. The molecule has 3 rings (SSSR count). The van der Waals surface area contributed by atoms with Crippen LogP contribution in [0.4, 0.5) is 10.5 Å². The minimum atomic E-state index is -0.592. The zero-order valence-corrected chi connectivity index (χ0v) is 17.4. The average Bonchev–Trinajstić information content (AvgIpc) is 2.99. The molecule has 0 radical (unpaired) electrons. The number of ether oxygens (including phenoxy) is 3. The number of hydrogen-bond acceptors (Lipinski definition) is 6. The summed E-state index contributed by atoms with van der Waals surface area (Å²) in [4.78, 5) is 26.6. The van der Waals surface area contributed by atoms with Gasteiger partial charge in [-0.1, -0.05) is 41.4 Å². The highest BCUT2D eigenvalue weighted by atomic mass is 35.5. The number of carbonyl (C=O) groups is 2. The molecule has 6 nitrogen and oxygen atoms in total. The van der Waals surface area contributed by atoms with Gasteiger partial charge in [-0.3, -0.25) is 9.59 Å². The van der Waals surface area contributed by atoms with E-state index in [0.717, 1.165) is 22.2 Å². The summed E-state index contributed by atoms with van der Waals surface area (Å²) in [5, 5.41) is -0.625. The molecule has 8 heteroatoms. The van der Waals surface area contributed by atoms with Gasteiger partial charge in [-0.15, -0.1) is 6.42 Å². The molecule has 0 aliphatic carbocycles. The van der Waals surface area contributed by atoms with Crippen molar-refractivity contribution in [2.75, 3.05) is 25.7 Å². The molecule has 1 aliphatic rings. The molecular weight excluding hydrogens is 414 g/mol. The van der Waals surface area contributed by atoms with E-state index in [-0.39, 0.29) is 17.8 Å². The number of rotatable bonds is 7. The van der Waals surface area contributed by atoms with Crippen LogP contribution in [0.3, 0.4) is 0 Å². The lowest BCUT2D eigenvalue weighted by molar-refractivity contribution is -0.117. The predicted molar refractivity (Wildman–Crippen MR) is 113 cm³/mol. The maximum atomic E-state index is 13.0. The maximum absolute atomic E-state index is 13.0. The van der Waals surface area contributed by atoms with E-state index >= 15 is 0 Å². The fourth-order valence-corrected chi connectivity index (χ4v) is 4.29. The van der Waals surface area contributed by atoms with Crippen LogP contribution in [0.1, 0.15) is 5.56 Å². The summed E-state index contributed by atoms with van der Waals surface area (Å²) in [5.41, 5.74) is 1.16. The molecule has 150 valence electrons. The molecular formula is C21H18ClNO5S. The lowest BCUT2D eigenvalue weighted by Crippen LogP contribution is -2.32. The summed E-state index contributed by atoms with van der Waals surface area (Å²) < 4.78 is 16.0. The summed E-state index contributed by atoms with van der Waals surface area (Å²) in [6.07, 6.45) is 5.52. The quantitative estimate of drug-likeness (QED) is 0.613. The number of terminal acetylenes is 1. The second-order valence-corrected chi connectivity index (χ2v) is 7.59. The molecule has 2 amide bonds. The largest absolute Gasteiger partial charge is 0.495 e. The lowest BCUT2D eigenvalue weighted by Gasteiger charge is -2.17. The third kappa shape index (κ3) is 4.29. The van der Waals surface area contributed by atoms with Crippen molar-refractivity contribution in [3.8, 4) is 29.6 Å². The minimum Gasteiger partial charge on any atom is -0.495 e. The molecule has 0 unspecified atom stereocenters. The van der Waals surface area contributed by atoms with Gasteiger partial charge in [0.05, 0.1) is 30.2 Å². The van der Waals surface area contributed by atoms with Gasteiger partial charge in [0.1, 0.15) is 12.4 Å². The van der Waals surface area contributed by atoms with Crippen LogP contribution in [0.5, 0.6) is 17.2 Å². The number of amides is 2. The topological polar surface area (TPSA) is 65.1 Å². The van der Waals surface area contributed by atoms with Gasteiger partial charge in [-0.2, -0.15) is 0 Å². The first-order valence-corrected chi connectivity index (χ1v) is 9.86. The monoisotopic (exact) mass is 431 g/mol. The predicted octanol–water partition coefficient (Wildman–Crippen LogP) is 4.18. The molecule has 1 heterocycles. The highest BCUT2D eigenvalue weighted by molar-refractivity contribution is 8.15. The Kier molecular flexibility index (Phi) is 6.57. The van der Waals surface area contributed by atoms with Crippen LogP contribution in [0.2, 0.25) is 5.02 Å². The Morgan fingerprint density at radius 1 is 1.17 bits per heavy atom. The van der Waals surface area contributed by atoms with Gasteiger partial charge in [0.25, 0.3) is 5.24 Å². The van der Waals surface area contributed by atoms with Crippen molar-refractivity contribution in [3.63, 3.8) is 0 Å². The Bertz CT molecular complexity index is 988. The summed E-state index contributed by atoms with van der Waals surface area (Å²) in [7, 11) is 2.98. The number of nitrogens with zero attached hydrogens (tertiary/aromatic N) is 1. The van der Waals surface area contributed by atoms with Crippen molar-refractivity contribution in [2.24, 2.45) is 0 Å². The summed E-state index contributed by atoms with van der Waals surface area (Å²) >= 11 is 7.27. The summed E-state index contributed by atoms with van der Waals surface area (Å²) in [6, 6.07) is 10.3. The van der Waals surface area contributed by atoms with Crippen molar-refractivity contribution in [1.82, 2.24) is 0 Å². The summed E-state index contributed by atoms with van der Waals surface area (Å²) in [6.45, 7) is 0.0504. The third-order valence-electron chi connectivity index (χ3n) is 4.26. The zero-order chi connectivity index (χ0) is 21.0. The van der Waals surface area contributed by atoms with Gasteiger partial charge >= 0.3 is 0 Å². The molecule has 0 spiro atoms. The van der Waals surface area contributed by atoms with Gasteiger partial charge in [0.2, 0.25) is 5.91 Å². The van der Waals surface area contributed by atoms with Crippen LogP contribution in [-0.2, 0) is 11.2 Å². The van der Waals surface area contributed by atoms with Crippen molar-refractivity contribution in [3.05, 3.63) is 47.0 Å². The number of benzene rings is 2. The molecule has 1 saturated heterocycles. The van der Waals surface area contributed by atoms with Crippen LogP contribution in [0.25, 0.3) is 0 Å². The Morgan fingerprint density at radius 3 is 2.59 bits per heavy atom.